The summed E-state index contributed by atoms with van der Waals surface area (Å²) in [6, 6.07) is 0. The van der Waals surface area contributed by atoms with Gasteiger partial charge in [0.15, 0.2) is 0 Å². The number of halogens is 1. The van der Waals surface area contributed by atoms with Gasteiger partial charge < -0.3 is 0 Å². The van der Waals surface area contributed by atoms with Crippen LogP contribution in [0.15, 0.2) is 6.20 Å². The Morgan fingerprint density at radius 2 is 2.00 bits per heavy atom. The maximum Gasteiger partial charge on any atom is 0.252 e. The van der Waals surface area contributed by atoms with Crippen LogP contribution in [0.3, 0.4) is 0 Å². The first-order valence-electron chi connectivity index (χ1n) is 4.91. The van der Waals surface area contributed by atoms with Crippen molar-refractivity contribution in [3.8, 4) is 5.95 Å². The molecule has 0 bridgehead atoms. The molecule has 2 aromatic rings. The fourth-order valence-electron chi connectivity index (χ4n) is 1.42. The molecule has 2 rings (SSSR count). The molecular weight excluding hydrogens is 226 g/mol. The van der Waals surface area contributed by atoms with Gasteiger partial charge in [-0.1, -0.05) is 0 Å². The van der Waals surface area contributed by atoms with Gasteiger partial charge in [0.2, 0.25) is 0 Å². The van der Waals surface area contributed by atoms with Crippen LogP contribution in [0.25, 0.3) is 5.95 Å². The third-order valence-electron chi connectivity index (χ3n) is 2.28. The summed E-state index contributed by atoms with van der Waals surface area (Å²) in [7, 11) is 0. The van der Waals surface area contributed by atoms with E-state index in [0.717, 1.165) is 17.1 Å². The molecule has 5 nitrogen and oxygen atoms in total. The Morgan fingerprint density at radius 1 is 1.25 bits per heavy atom. The van der Waals surface area contributed by atoms with Gasteiger partial charge in [-0.2, -0.15) is 4.68 Å². The second-order valence-corrected chi connectivity index (χ2v) is 3.80. The SMILES string of the molecule is Cc1nc(C)n(-c2ncc(CCl)c(C)n2)n1. The Hall–Kier alpha value is -1.49. The molecule has 0 radical (unpaired) electrons. The zero-order valence-corrected chi connectivity index (χ0v) is 10.2. The minimum atomic E-state index is 0.418. The van der Waals surface area contributed by atoms with Gasteiger partial charge in [0.25, 0.3) is 5.95 Å². The predicted octanol–water partition coefficient (Wildman–Crippen LogP) is 1.72. The van der Waals surface area contributed by atoms with Crippen molar-refractivity contribution in [2.45, 2.75) is 26.7 Å². The fraction of sp³-hybridized carbons (Fsp3) is 0.400. The first-order chi connectivity index (χ1) is 7.61. The smallest absolute Gasteiger partial charge is 0.219 e. The fourth-order valence-corrected chi connectivity index (χ4v) is 1.69. The van der Waals surface area contributed by atoms with E-state index in [0.29, 0.717) is 17.7 Å². The van der Waals surface area contributed by atoms with E-state index in [9.17, 15) is 0 Å². The molecular formula is C10H12ClN5. The van der Waals surface area contributed by atoms with Gasteiger partial charge in [-0.15, -0.1) is 16.7 Å². The predicted molar refractivity (Wildman–Crippen MR) is 60.7 cm³/mol. The molecule has 0 aliphatic rings. The van der Waals surface area contributed by atoms with E-state index in [1.54, 1.807) is 10.9 Å². The summed E-state index contributed by atoms with van der Waals surface area (Å²) in [5.74, 6) is 2.43. The topological polar surface area (TPSA) is 56.5 Å². The lowest BCUT2D eigenvalue weighted by Crippen LogP contribution is -2.07. The Bertz CT molecular complexity index is 520. The number of hydrogen-bond donors (Lipinski definition) is 0. The van der Waals surface area contributed by atoms with Crippen molar-refractivity contribution >= 4 is 11.6 Å². The third-order valence-corrected chi connectivity index (χ3v) is 2.56. The minimum absolute atomic E-state index is 0.418. The summed E-state index contributed by atoms with van der Waals surface area (Å²) < 4.78 is 1.63. The molecule has 2 aromatic heterocycles. The van der Waals surface area contributed by atoms with Crippen LogP contribution < -0.4 is 0 Å². The Kier molecular flexibility index (Phi) is 2.87. The zero-order chi connectivity index (χ0) is 11.7. The molecule has 2 heterocycles. The summed E-state index contributed by atoms with van der Waals surface area (Å²) in [6.45, 7) is 5.61. The Labute approximate surface area is 98.5 Å². The summed E-state index contributed by atoms with van der Waals surface area (Å²) in [6.07, 6.45) is 1.72. The number of nitrogens with zero attached hydrogens (tertiary/aromatic N) is 5. The number of rotatable bonds is 2. The first-order valence-corrected chi connectivity index (χ1v) is 5.44. The summed E-state index contributed by atoms with van der Waals surface area (Å²) in [5.41, 5.74) is 1.80. The molecule has 0 amide bonds. The van der Waals surface area contributed by atoms with Crippen LogP contribution in [0, 0.1) is 20.8 Å². The number of aryl methyl sites for hydroxylation is 3. The van der Waals surface area contributed by atoms with Crippen molar-refractivity contribution < 1.29 is 0 Å². The van der Waals surface area contributed by atoms with Gasteiger partial charge >= 0.3 is 0 Å². The van der Waals surface area contributed by atoms with Gasteiger partial charge in [0, 0.05) is 17.5 Å². The lowest BCUT2D eigenvalue weighted by molar-refractivity contribution is 0.762. The van der Waals surface area contributed by atoms with Crippen LogP contribution in [-0.4, -0.2) is 24.7 Å². The van der Waals surface area contributed by atoms with E-state index in [-0.39, 0.29) is 0 Å². The highest BCUT2D eigenvalue weighted by molar-refractivity contribution is 6.17. The summed E-state index contributed by atoms with van der Waals surface area (Å²) in [4.78, 5) is 12.8. The van der Waals surface area contributed by atoms with E-state index >= 15 is 0 Å². The second-order valence-electron chi connectivity index (χ2n) is 3.53. The molecule has 0 aliphatic carbocycles. The van der Waals surface area contributed by atoms with Crippen LogP contribution in [0.1, 0.15) is 22.9 Å². The van der Waals surface area contributed by atoms with E-state index in [2.05, 4.69) is 20.1 Å². The van der Waals surface area contributed by atoms with Crippen molar-refractivity contribution in [1.29, 1.82) is 0 Å². The van der Waals surface area contributed by atoms with E-state index in [1.165, 1.54) is 0 Å². The standard InChI is InChI=1S/C10H12ClN5/c1-6-9(4-11)5-12-10(13-6)16-8(3)14-7(2)15-16/h5H,4H2,1-3H3. The highest BCUT2D eigenvalue weighted by Gasteiger charge is 2.09. The lowest BCUT2D eigenvalue weighted by atomic mass is 10.3. The van der Waals surface area contributed by atoms with Gasteiger partial charge in [-0.25, -0.2) is 15.0 Å². The minimum Gasteiger partial charge on any atom is -0.219 e. The van der Waals surface area contributed by atoms with Crippen LogP contribution in [0.4, 0.5) is 0 Å². The Balaban J connectivity index is 2.49. The van der Waals surface area contributed by atoms with Crippen molar-refractivity contribution in [2.24, 2.45) is 0 Å². The molecule has 0 aromatic carbocycles. The molecule has 0 unspecified atom stereocenters. The molecule has 0 N–H and O–H groups in total. The summed E-state index contributed by atoms with van der Waals surface area (Å²) in [5, 5.41) is 4.22. The average molecular weight is 238 g/mol. The highest BCUT2D eigenvalue weighted by Crippen LogP contribution is 2.10. The molecule has 16 heavy (non-hydrogen) atoms. The van der Waals surface area contributed by atoms with E-state index < -0.39 is 0 Å². The van der Waals surface area contributed by atoms with Crippen LogP contribution in [0.2, 0.25) is 0 Å². The van der Waals surface area contributed by atoms with Gasteiger partial charge in [0.05, 0.1) is 5.88 Å². The van der Waals surface area contributed by atoms with E-state index in [4.69, 9.17) is 11.6 Å². The number of alkyl halides is 1. The molecule has 0 atom stereocenters. The molecule has 0 fully saturated rings. The van der Waals surface area contributed by atoms with Gasteiger partial charge in [-0.3, -0.25) is 0 Å². The molecule has 84 valence electrons. The van der Waals surface area contributed by atoms with Crippen LogP contribution in [-0.2, 0) is 5.88 Å². The highest BCUT2D eigenvalue weighted by atomic mass is 35.5. The van der Waals surface area contributed by atoms with Gasteiger partial charge in [0.1, 0.15) is 11.6 Å². The van der Waals surface area contributed by atoms with Crippen LogP contribution >= 0.6 is 11.6 Å². The number of aromatic nitrogens is 5. The third kappa shape index (κ3) is 1.90. The maximum atomic E-state index is 5.75. The number of hydrogen-bond acceptors (Lipinski definition) is 4. The summed E-state index contributed by atoms with van der Waals surface area (Å²) >= 11 is 5.75. The van der Waals surface area contributed by atoms with Gasteiger partial charge in [-0.05, 0) is 20.8 Å². The molecule has 6 heteroatoms. The van der Waals surface area contributed by atoms with Crippen LogP contribution in [0.5, 0.6) is 0 Å². The Morgan fingerprint density at radius 3 is 2.50 bits per heavy atom. The lowest BCUT2D eigenvalue weighted by Gasteiger charge is -2.04. The second kappa shape index (κ2) is 4.17. The first kappa shape index (κ1) is 11.0. The monoisotopic (exact) mass is 237 g/mol. The normalized spacial score (nSPS) is 10.8. The van der Waals surface area contributed by atoms with Crippen molar-refractivity contribution in [2.75, 3.05) is 0 Å². The van der Waals surface area contributed by atoms with E-state index in [1.807, 2.05) is 20.8 Å². The maximum absolute atomic E-state index is 5.75. The quantitative estimate of drug-likeness (QED) is 0.747. The molecule has 0 aliphatic heterocycles. The molecule has 0 saturated carbocycles. The molecule has 0 spiro atoms. The average Bonchev–Trinajstić information content (AvgIpc) is 2.58. The van der Waals surface area contributed by atoms with Crippen molar-refractivity contribution in [1.82, 2.24) is 24.7 Å². The molecule has 0 saturated heterocycles. The largest absolute Gasteiger partial charge is 0.252 e. The zero-order valence-electron chi connectivity index (χ0n) is 9.40. The van der Waals surface area contributed by atoms with Crippen molar-refractivity contribution in [3.63, 3.8) is 0 Å². The van der Waals surface area contributed by atoms with Crippen molar-refractivity contribution in [3.05, 3.63) is 29.1 Å².